The molecule has 3 rings (SSSR count). The van der Waals surface area contributed by atoms with Gasteiger partial charge in [0.2, 0.25) is 0 Å². The number of hydrogen-bond donors (Lipinski definition) is 4. The summed E-state index contributed by atoms with van der Waals surface area (Å²) in [5, 5.41) is 20.5. The van der Waals surface area contributed by atoms with Gasteiger partial charge in [-0.1, -0.05) is 25.8 Å². The highest BCUT2D eigenvalue weighted by Gasteiger charge is 2.25. The van der Waals surface area contributed by atoms with E-state index in [2.05, 4.69) is 5.32 Å². The van der Waals surface area contributed by atoms with Crippen LogP contribution in [-0.4, -0.2) is 23.5 Å². The molecule has 1 saturated carbocycles. The number of carbonyl (C=O) groups is 1. The van der Waals surface area contributed by atoms with Gasteiger partial charge in [0.1, 0.15) is 11.6 Å². The van der Waals surface area contributed by atoms with Crippen molar-refractivity contribution in [1.29, 1.82) is 5.41 Å². The Balaban J connectivity index is 1.85. The SMILES string of the molecule is CCc1ccc(OCC2CCCC2)c([C@@H](Nc2ccc(C(=N)N)cc2)C(=O)O)c1. The van der Waals surface area contributed by atoms with Crippen molar-refractivity contribution in [1.82, 2.24) is 0 Å². The fourth-order valence-electron chi connectivity index (χ4n) is 3.74. The van der Waals surface area contributed by atoms with Crippen LogP contribution in [0.15, 0.2) is 42.5 Å². The van der Waals surface area contributed by atoms with Crippen molar-refractivity contribution in [2.75, 3.05) is 11.9 Å². The van der Waals surface area contributed by atoms with E-state index in [9.17, 15) is 9.90 Å². The highest BCUT2D eigenvalue weighted by molar-refractivity contribution is 5.95. The van der Waals surface area contributed by atoms with Crippen molar-refractivity contribution in [3.63, 3.8) is 0 Å². The molecular weight excluding hydrogens is 366 g/mol. The molecule has 29 heavy (non-hydrogen) atoms. The Labute approximate surface area is 171 Å². The summed E-state index contributed by atoms with van der Waals surface area (Å²) in [5.41, 5.74) is 8.42. The van der Waals surface area contributed by atoms with Crippen LogP contribution in [0.25, 0.3) is 0 Å². The first kappa shape index (κ1) is 20.7. The van der Waals surface area contributed by atoms with E-state index in [0.717, 1.165) is 12.0 Å². The van der Waals surface area contributed by atoms with E-state index in [0.29, 0.717) is 35.1 Å². The number of benzene rings is 2. The molecule has 1 atom stereocenters. The maximum absolute atomic E-state index is 12.1. The topological polar surface area (TPSA) is 108 Å². The van der Waals surface area contributed by atoms with E-state index in [-0.39, 0.29) is 5.84 Å². The Morgan fingerprint density at radius 2 is 1.93 bits per heavy atom. The predicted octanol–water partition coefficient (Wildman–Crippen LogP) is 4.34. The molecule has 0 amide bonds. The zero-order valence-corrected chi connectivity index (χ0v) is 16.8. The average molecular weight is 396 g/mol. The molecule has 6 heteroatoms. The monoisotopic (exact) mass is 395 g/mol. The van der Waals surface area contributed by atoms with Gasteiger partial charge >= 0.3 is 5.97 Å². The molecule has 5 N–H and O–H groups in total. The molecule has 0 radical (unpaired) electrons. The first-order valence-electron chi connectivity index (χ1n) is 10.2. The molecule has 0 aromatic heterocycles. The molecule has 0 unspecified atom stereocenters. The molecule has 2 aromatic carbocycles. The number of rotatable bonds is 9. The van der Waals surface area contributed by atoms with Crippen molar-refractivity contribution in [2.45, 2.75) is 45.1 Å². The third kappa shape index (κ3) is 5.28. The van der Waals surface area contributed by atoms with Crippen LogP contribution >= 0.6 is 0 Å². The van der Waals surface area contributed by atoms with Crippen molar-refractivity contribution in [2.24, 2.45) is 11.7 Å². The lowest BCUT2D eigenvalue weighted by molar-refractivity contribution is -0.138. The van der Waals surface area contributed by atoms with Crippen molar-refractivity contribution in [3.05, 3.63) is 59.2 Å². The second-order valence-electron chi connectivity index (χ2n) is 7.59. The lowest BCUT2D eigenvalue weighted by Gasteiger charge is -2.21. The molecule has 1 aliphatic rings. The summed E-state index contributed by atoms with van der Waals surface area (Å²) in [7, 11) is 0. The zero-order valence-electron chi connectivity index (χ0n) is 16.8. The van der Waals surface area contributed by atoms with Gasteiger partial charge in [-0.05, 0) is 67.1 Å². The molecule has 2 aromatic rings. The Bertz CT molecular complexity index is 858. The van der Waals surface area contributed by atoms with E-state index >= 15 is 0 Å². The van der Waals surface area contributed by atoms with E-state index < -0.39 is 12.0 Å². The minimum Gasteiger partial charge on any atom is -0.493 e. The fourth-order valence-corrected chi connectivity index (χ4v) is 3.74. The molecule has 0 aliphatic heterocycles. The highest BCUT2D eigenvalue weighted by atomic mass is 16.5. The number of nitrogens with one attached hydrogen (secondary N) is 2. The second kappa shape index (κ2) is 9.45. The molecule has 0 saturated heterocycles. The smallest absolute Gasteiger partial charge is 0.330 e. The van der Waals surface area contributed by atoms with E-state index in [1.54, 1.807) is 24.3 Å². The van der Waals surface area contributed by atoms with Gasteiger partial charge in [-0.3, -0.25) is 5.41 Å². The number of ether oxygens (including phenoxy) is 1. The van der Waals surface area contributed by atoms with Crippen LogP contribution in [0.2, 0.25) is 0 Å². The van der Waals surface area contributed by atoms with Crippen LogP contribution in [0.3, 0.4) is 0 Å². The Morgan fingerprint density at radius 1 is 1.24 bits per heavy atom. The quantitative estimate of drug-likeness (QED) is 0.373. The van der Waals surface area contributed by atoms with Crippen LogP contribution in [0.1, 0.15) is 55.3 Å². The largest absolute Gasteiger partial charge is 0.493 e. The number of aliphatic carboxylic acids is 1. The van der Waals surface area contributed by atoms with Gasteiger partial charge in [0, 0.05) is 16.8 Å². The number of carboxylic acid groups (broad SMARTS) is 1. The summed E-state index contributed by atoms with van der Waals surface area (Å²) < 4.78 is 6.09. The van der Waals surface area contributed by atoms with Gasteiger partial charge in [-0.15, -0.1) is 0 Å². The molecule has 0 bridgehead atoms. The van der Waals surface area contributed by atoms with Crippen molar-refractivity contribution >= 4 is 17.5 Å². The molecule has 0 spiro atoms. The maximum atomic E-state index is 12.1. The summed E-state index contributed by atoms with van der Waals surface area (Å²) in [6.45, 7) is 2.67. The second-order valence-corrected chi connectivity index (χ2v) is 7.59. The first-order chi connectivity index (χ1) is 14.0. The van der Waals surface area contributed by atoms with Crippen LogP contribution in [-0.2, 0) is 11.2 Å². The van der Waals surface area contributed by atoms with Gasteiger partial charge in [-0.25, -0.2) is 4.79 Å². The van der Waals surface area contributed by atoms with Crippen LogP contribution in [0.4, 0.5) is 5.69 Å². The number of hydrogen-bond acceptors (Lipinski definition) is 4. The maximum Gasteiger partial charge on any atom is 0.330 e. The Hall–Kier alpha value is -3.02. The summed E-state index contributed by atoms with van der Waals surface area (Å²) in [6.07, 6.45) is 5.64. The van der Waals surface area contributed by atoms with Crippen LogP contribution in [0, 0.1) is 11.3 Å². The van der Waals surface area contributed by atoms with Gasteiger partial charge in [-0.2, -0.15) is 0 Å². The molecule has 0 heterocycles. The first-order valence-corrected chi connectivity index (χ1v) is 10.2. The number of nitrogens with two attached hydrogens (primary N) is 1. The molecule has 1 aliphatic carbocycles. The number of aryl methyl sites for hydroxylation is 1. The van der Waals surface area contributed by atoms with Crippen LogP contribution < -0.4 is 15.8 Å². The molecule has 154 valence electrons. The predicted molar refractivity (Wildman–Crippen MR) is 115 cm³/mol. The number of nitrogen functional groups attached to an aromatic ring is 1. The minimum atomic E-state index is -0.973. The average Bonchev–Trinajstić information content (AvgIpc) is 3.24. The Morgan fingerprint density at radius 3 is 2.52 bits per heavy atom. The third-order valence-electron chi connectivity index (χ3n) is 5.50. The summed E-state index contributed by atoms with van der Waals surface area (Å²) in [4.78, 5) is 12.1. The minimum absolute atomic E-state index is 0.0235. The Kier molecular flexibility index (Phi) is 6.75. The molecule has 6 nitrogen and oxygen atoms in total. The van der Waals surface area contributed by atoms with E-state index in [1.165, 1.54) is 25.7 Å². The van der Waals surface area contributed by atoms with Crippen LogP contribution in [0.5, 0.6) is 5.75 Å². The summed E-state index contributed by atoms with van der Waals surface area (Å²) in [5.74, 6) is 0.169. The van der Waals surface area contributed by atoms with Crippen molar-refractivity contribution in [3.8, 4) is 5.75 Å². The number of carboxylic acids is 1. The van der Waals surface area contributed by atoms with Crippen molar-refractivity contribution < 1.29 is 14.6 Å². The third-order valence-corrected chi connectivity index (χ3v) is 5.50. The normalized spacial score (nSPS) is 15.1. The van der Waals surface area contributed by atoms with Gasteiger partial charge in [0.25, 0.3) is 0 Å². The van der Waals surface area contributed by atoms with Gasteiger partial charge < -0.3 is 20.9 Å². The standard InChI is InChI=1S/C23H29N3O3/c1-2-15-7-12-20(29-14-16-5-3-4-6-16)19(13-15)21(23(27)28)26-18-10-8-17(9-11-18)22(24)25/h7-13,16,21,26H,2-6,14H2,1H3,(H3,24,25)(H,27,28)/t21-/m1/s1. The van der Waals surface area contributed by atoms with E-state index in [4.69, 9.17) is 15.9 Å². The number of anilines is 1. The summed E-state index contributed by atoms with van der Waals surface area (Å²) >= 11 is 0. The lowest BCUT2D eigenvalue weighted by atomic mass is 10.0. The van der Waals surface area contributed by atoms with Gasteiger partial charge in [0.05, 0.1) is 6.61 Å². The lowest BCUT2D eigenvalue weighted by Crippen LogP contribution is -2.22. The van der Waals surface area contributed by atoms with E-state index in [1.807, 2.05) is 25.1 Å². The fraction of sp³-hybridized carbons (Fsp3) is 0.391. The molecule has 1 fully saturated rings. The van der Waals surface area contributed by atoms with Gasteiger partial charge in [0.15, 0.2) is 6.04 Å². The highest BCUT2D eigenvalue weighted by Crippen LogP contribution is 2.32. The zero-order chi connectivity index (χ0) is 20.8. The summed E-state index contributed by atoms with van der Waals surface area (Å²) in [6, 6.07) is 11.7. The molecular formula is C23H29N3O3. The number of amidine groups is 1.